The number of carbonyl (C=O) groups excluding carboxylic acids is 4. The lowest BCUT2D eigenvalue weighted by Gasteiger charge is -2.44. The number of benzene rings is 3. The van der Waals surface area contributed by atoms with Crippen molar-refractivity contribution in [3.8, 4) is 5.75 Å². The summed E-state index contributed by atoms with van der Waals surface area (Å²) in [6, 6.07) is 27.5. The molecule has 6 aliphatic rings. The van der Waals surface area contributed by atoms with E-state index in [2.05, 4.69) is 52.3 Å². The van der Waals surface area contributed by atoms with E-state index in [-0.39, 0.29) is 47.4 Å². The first-order chi connectivity index (χ1) is 25.9. The van der Waals surface area contributed by atoms with Crippen LogP contribution in [0.4, 0.5) is 0 Å². The van der Waals surface area contributed by atoms with Gasteiger partial charge in [-0.05, 0) is 73.3 Å². The van der Waals surface area contributed by atoms with Crippen LogP contribution in [0.1, 0.15) is 61.1 Å². The molecule has 0 bridgehead atoms. The Bertz CT molecular complexity index is 1920. The van der Waals surface area contributed by atoms with Crippen LogP contribution >= 0.6 is 0 Å². The zero-order chi connectivity index (χ0) is 36.2. The molecule has 3 aromatic rings. The second kappa shape index (κ2) is 14.0. The number of hydrogen-bond donors (Lipinski definition) is 1. The van der Waals surface area contributed by atoms with Crippen molar-refractivity contribution in [3.05, 3.63) is 113 Å². The SMILES string of the molecule is O=C1C2CC=C3C(CC4C(=O)N(C5CCN(Cc6ccccc6)CC5)C(=O)C4C3c3cccc(O)c3)C2C(=O)N1C1CCN(Cc2ccccc2)CC1. The second-order valence-electron chi connectivity index (χ2n) is 16.2. The Morgan fingerprint density at radius 2 is 1.09 bits per heavy atom. The molecular weight excluding hydrogens is 665 g/mol. The molecule has 9 heteroatoms. The van der Waals surface area contributed by atoms with Gasteiger partial charge in [-0.25, -0.2) is 0 Å². The number of carbonyl (C=O) groups is 4. The van der Waals surface area contributed by atoms with Gasteiger partial charge in [0, 0.05) is 57.3 Å². The molecule has 9 rings (SSSR count). The maximum atomic E-state index is 14.6. The van der Waals surface area contributed by atoms with E-state index < -0.39 is 29.6 Å². The third-order valence-corrected chi connectivity index (χ3v) is 13.3. The van der Waals surface area contributed by atoms with Crippen LogP contribution in [-0.2, 0) is 32.3 Å². The largest absolute Gasteiger partial charge is 0.508 e. The Labute approximate surface area is 311 Å². The fraction of sp³-hybridized carbons (Fsp3) is 0.455. The van der Waals surface area contributed by atoms with Gasteiger partial charge in [0.05, 0.1) is 23.7 Å². The Kier molecular flexibility index (Phi) is 9.03. The average molecular weight is 713 g/mol. The van der Waals surface area contributed by atoms with Crippen LogP contribution in [0.15, 0.2) is 96.6 Å². The molecule has 274 valence electrons. The molecule has 2 aliphatic carbocycles. The number of amides is 4. The summed E-state index contributed by atoms with van der Waals surface area (Å²) >= 11 is 0. The van der Waals surface area contributed by atoms with E-state index >= 15 is 0 Å². The first-order valence-corrected chi connectivity index (χ1v) is 19.6. The minimum absolute atomic E-state index is 0.0782. The van der Waals surface area contributed by atoms with Crippen molar-refractivity contribution in [2.75, 3.05) is 26.2 Å². The highest BCUT2D eigenvalue weighted by atomic mass is 16.3. The summed E-state index contributed by atoms with van der Waals surface area (Å²) in [5.41, 5.74) is 4.28. The van der Waals surface area contributed by atoms with Crippen LogP contribution in [0.3, 0.4) is 0 Å². The molecule has 5 fully saturated rings. The summed E-state index contributed by atoms with van der Waals surface area (Å²) < 4.78 is 0. The first kappa shape index (κ1) is 34.2. The molecule has 4 heterocycles. The van der Waals surface area contributed by atoms with E-state index in [1.54, 1.807) is 28.0 Å². The van der Waals surface area contributed by atoms with Crippen molar-refractivity contribution in [2.45, 2.75) is 69.6 Å². The maximum absolute atomic E-state index is 14.6. The monoisotopic (exact) mass is 712 g/mol. The van der Waals surface area contributed by atoms with Crippen LogP contribution < -0.4 is 0 Å². The molecule has 0 spiro atoms. The van der Waals surface area contributed by atoms with Gasteiger partial charge in [0.2, 0.25) is 23.6 Å². The number of phenolic OH excluding ortho intramolecular Hbond substituents is 1. The topological polar surface area (TPSA) is 101 Å². The fourth-order valence-corrected chi connectivity index (χ4v) is 10.8. The van der Waals surface area contributed by atoms with Crippen molar-refractivity contribution in [2.24, 2.45) is 29.6 Å². The predicted octanol–water partition coefficient (Wildman–Crippen LogP) is 5.36. The van der Waals surface area contributed by atoms with E-state index in [1.807, 2.05) is 30.3 Å². The minimum atomic E-state index is -0.594. The molecule has 6 unspecified atom stereocenters. The normalized spacial score (nSPS) is 30.0. The molecule has 3 aromatic carbocycles. The third-order valence-electron chi connectivity index (χ3n) is 13.3. The van der Waals surface area contributed by atoms with Crippen molar-refractivity contribution in [3.63, 3.8) is 0 Å². The zero-order valence-corrected chi connectivity index (χ0v) is 30.1. The molecule has 4 amide bonds. The van der Waals surface area contributed by atoms with Crippen LogP contribution in [0.5, 0.6) is 5.75 Å². The Morgan fingerprint density at radius 3 is 1.64 bits per heavy atom. The van der Waals surface area contributed by atoms with Gasteiger partial charge in [-0.1, -0.05) is 84.4 Å². The van der Waals surface area contributed by atoms with Crippen LogP contribution in [0, 0.1) is 29.6 Å². The lowest BCUT2D eigenvalue weighted by Crippen LogP contribution is -2.48. The van der Waals surface area contributed by atoms with Gasteiger partial charge in [-0.15, -0.1) is 0 Å². The molecule has 6 atom stereocenters. The minimum Gasteiger partial charge on any atom is -0.508 e. The molecule has 4 saturated heterocycles. The third kappa shape index (κ3) is 6.11. The Balaban J connectivity index is 0.955. The Morgan fingerprint density at radius 1 is 0.566 bits per heavy atom. The van der Waals surface area contributed by atoms with E-state index in [1.165, 1.54) is 11.1 Å². The highest BCUT2D eigenvalue weighted by Crippen LogP contribution is 2.58. The van der Waals surface area contributed by atoms with Gasteiger partial charge < -0.3 is 5.11 Å². The molecule has 53 heavy (non-hydrogen) atoms. The number of allylic oxidation sites excluding steroid dienone is 2. The molecule has 1 N–H and O–H groups in total. The number of imide groups is 2. The highest BCUT2D eigenvalue weighted by molar-refractivity contribution is 6.08. The maximum Gasteiger partial charge on any atom is 0.234 e. The number of likely N-dealkylation sites (tertiary alicyclic amines) is 4. The van der Waals surface area contributed by atoms with Crippen molar-refractivity contribution < 1.29 is 24.3 Å². The van der Waals surface area contributed by atoms with Gasteiger partial charge >= 0.3 is 0 Å². The van der Waals surface area contributed by atoms with Gasteiger partial charge in [0.1, 0.15) is 5.75 Å². The lowest BCUT2D eigenvalue weighted by molar-refractivity contribution is -0.146. The van der Waals surface area contributed by atoms with Crippen molar-refractivity contribution in [1.82, 2.24) is 19.6 Å². The van der Waals surface area contributed by atoms with Crippen LogP contribution in [0.25, 0.3) is 0 Å². The molecule has 1 saturated carbocycles. The summed E-state index contributed by atoms with van der Waals surface area (Å²) in [7, 11) is 0. The van der Waals surface area contributed by atoms with E-state index in [0.717, 1.165) is 76.1 Å². The number of hydrogen-bond acceptors (Lipinski definition) is 7. The molecule has 0 aromatic heterocycles. The van der Waals surface area contributed by atoms with E-state index in [0.29, 0.717) is 12.8 Å². The number of piperidine rings is 2. The highest BCUT2D eigenvalue weighted by Gasteiger charge is 2.63. The van der Waals surface area contributed by atoms with Crippen LogP contribution in [0.2, 0.25) is 0 Å². The molecule has 0 radical (unpaired) electrons. The molecule has 4 aliphatic heterocycles. The smallest absolute Gasteiger partial charge is 0.234 e. The lowest BCUT2D eigenvalue weighted by atomic mass is 9.57. The summed E-state index contributed by atoms with van der Waals surface area (Å²) in [4.78, 5) is 65.7. The van der Waals surface area contributed by atoms with Gasteiger partial charge in [-0.3, -0.25) is 38.8 Å². The standard InChI is InChI=1S/C44H48N4O5/c49-33-13-7-12-30(24-33)38-34-14-15-35-39(43(52)47(41(35)50)31-16-20-45(21-17-31)26-28-8-3-1-4-9-28)36(34)25-37-40(38)44(53)48(42(37)51)32-18-22-46(23-19-32)27-29-10-5-2-6-11-29/h1-14,24,31-32,35-40,49H,15-23,25-27H2. The van der Waals surface area contributed by atoms with Crippen molar-refractivity contribution >= 4 is 23.6 Å². The fourth-order valence-electron chi connectivity index (χ4n) is 10.8. The molecule has 9 nitrogen and oxygen atoms in total. The Hall–Kier alpha value is -4.60. The summed E-state index contributed by atoms with van der Waals surface area (Å²) in [6.07, 6.45) is 5.89. The quantitative estimate of drug-likeness (QED) is 0.260. The van der Waals surface area contributed by atoms with E-state index in [4.69, 9.17) is 0 Å². The number of fused-ring (bicyclic) bond motifs is 4. The summed E-state index contributed by atoms with van der Waals surface area (Å²) in [5.74, 6) is -3.25. The number of nitrogens with zero attached hydrogens (tertiary/aromatic N) is 4. The predicted molar refractivity (Wildman–Crippen MR) is 199 cm³/mol. The summed E-state index contributed by atoms with van der Waals surface area (Å²) in [5, 5.41) is 10.6. The number of rotatable bonds is 7. The van der Waals surface area contributed by atoms with Crippen LogP contribution in [-0.4, -0.2) is 86.6 Å². The summed E-state index contributed by atoms with van der Waals surface area (Å²) in [6.45, 7) is 4.94. The van der Waals surface area contributed by atoms with Gasteiger partial charge in [-0.2, -0.15) is 0 Å². The van der Waals surface area contributed by atoms with Crippen molar-refractivity contribution in [1.29, 1.82) is 0 Å². The second-order valence-corrected chi connectivity index (χ2v) is 16.2. The molecular formula is C44H48N4O5. The van der Waals surface area contributed by atoms with E-state index in [9.17, 15) is 24.3 Å². The average Bonchev–Trinajstić information content (AvgIpc) is 3.59. The number of aromatic hydroxyl groups is 1. The zero-order valence-electron chi connectivity index (χ0n) is 30.1. The van der Waals surface area contributed by atoms with Gasteiger partial charge in [0.25, 0.3) is 0 Å². The number of phenols is 1. The first-order valence-electron chi connectivity index (χ1n) is 19.6. The van der Waals surface area contributed by atoms with Gasteiger partial charge in [0.15, 0.2) is 0 Å².